The zero-order chi connectivity index (χ0) is 24.5. The molecule has 2 aromatic carbocycles. The van der Waals surface area contributed by atoms with Crippen LogP contribution >= 0.6 is 11.8 Å². The maximum absolute atomic E-state index is 12.7. The SMILES string of the molecule is O=C(CSc1ccc(S(=O)(=O)N2CCOCC2)cn1)NCCC(c1ccccc1)c1ccccc1. The summed E-state index contributed by atoms with van der Waals surface area (Å²) in [6, 6.07) is 23.8. The molecular weight excluding hydrogens is 482 g/mol. The van der Waals surface area contributed by atoms with Crippen LogP contribution in [0.3, 0.4) is 0 Å². The summed E-state index contributed by atoms with van der Waals surface area (Å²) in [4.78, 5) is 16.8. The van der Waals surface area contributed by atoms with E-state index in [1.807, 2.05) is 36.4 Å². The number of hydrogen-bond donors (Lipinski definition) is 1. The van der Waals surface area contributed by atoms with Crippen molar-refractivity contribution < 1.29 is 17.9 Å². The second kappa shape index (κ2) is 12.3. The van der Waals surface area contributed by atoms with Gasteiger partial charge in [0, 0.05) is 31.7 Å². The maximum atomic E-state index is 12.7. The highest BCUT2D eigenvalue weighted by atomic mass is 32.2. The van der Waals surface area contributed by atoms with Gasteiger partial charge in [0.05, 0.1) is 24.0 Å². The zero-order valence-corrected chi connectivity index (χ0v) is 21.0. The fourth-order valence-electron chi connectivity index (χ4n) is 3.98. The first-order chi connectivity index (χ1) is 17.0. The van der Waals surface area contributed by atoms with Crippen molar-refractivity contribution in [3.63, 3.8) is 0 Å². The van der Waals surface area contributed by atoms with Crippen molar-refractivity contribution in [2.45, 2.75) is 22.3 Å². The zero-order valence-electron chi connectivity index (χ0n) is 19.4. The van der Waals surface area contributed by atoms with Gasteiger partial charge < -0.3 is 10.1 Å². The van der Waals surface area contributed by atoms with E-state index in [-0.39, 0.29) is 22.5 Å². The van der Waals surface area contributed by atoms with Gasteiger partial charge in [0.25, 0.3) is 0 Å². The minimum atomic E-state index is -3.57. The number of carbonyl (C=O) groups is 1. The highest BCUT2D eigenvalue weighted by Gasteiger charge is 2.26. The molecule has 1 N–H and O–H groups in total. The second-order valence-corrected chi connectivity index (χ2v) is 11.1. The molecule has 0 unspecified atom stereocenters. The Morgan fingerprint density at radius 3 is 2.17 bits per heavy atom. The third-order valence-electron chi connectivity index (χ3n) is 5.83. The Kier molecular flexibility index (Phi) is 8.92. The molecule has 0 spiro atoms. The Morgan fingerprint density at radius 2 is 1.60 bits per heavy atom. The number of amides is 1. The smallest absolute Gasteiger partial charge is 0.244 e. The molecule has 0 bridgehead atoms. The van der Waals surface area contributed by atoms with E-state index >= 15 is 0 Å². The van der Waals surface area contributed by atoms with E-state index < -0.39 is 10.0 Å². The molecule has 4 rings (SSSR count). The standard InChI is InChI=1S/C26H29N3O4S2/c30-25(27-14-13-24(21-7-3-1-4-8-21)22-9-5-2-6-10-22)20-34-26-12-11-23(19-28-26)35(31,32)29-15-17-33-18-16-29/h1-12,19,24H,13-18,20H2,(H,27,30). The number of thioether (sulfide) groups is 1. The Bertz CT molecular complexity index is 1140. The van der Waals surface area contributed by atoms with E-state index in [1.165, 1.54) is 33.4 Å². The van der Waals surface area contributed by atoms with Crippen LogP contribution in [0.5, 0.6) is 0 Å². The lowest BCUT2D eigenvalue weighted by molar-refractivity contribution is -0.118. The van der Waals surface area contributed by atoms with Crippen LogP contribution in [0.25, 0.3) is 0 Å². The lowest BCUT2D eigenvalue weighted by Crippen LogP contribution is -2.40. The monoisotopic (exact) mass is 511 g/mol. The number of morpholine rings is 1. The van der Waals surface area contributed by atoms with E-state index in [2.05, 4.69) is 34.6 Å². The summed E-state index contributed by atoms with van der Waals surface area (Å²) in [6.07, 6.45) is 2.14. The number of pyridine rings is 1. The third kappa shape index (κ3) is 6.91. The van der Waals surface area contributed by atoms with Crippen LogP contribution < -0.4 is 5.32 Å². The Hall–Kier alpha value is -2.72. The molecule has 1 fully saturated rings. The van der Waals surface area contributed by atoms with Gasteiger partial charge in [0.1, 0.15) is 4.90 Å². The van der Waals surface area contributed by atoms with Crippen molar-refractivity contribution in [2.75, 3.05) is 38.6 Å². The number of rotatable bonds is 10. The summed E-state index contributed by atoms with van der Waals surface area (Å²) < 4.78 is 32.0. The van der Waals surface area contributed by atoms with Gasteiger partial charge in [-0.15, -0.1) is 0 Å². The first kappa shape index (κ1) is 25.4. The molecule has 1 aromatic heterocycles. The molecule has 3 aromatic rings. The quantitative estimate of drug-likeness (QED) is 0.419. The van der Waals surface area contributed by atoms with E-state index in [9.17, 15) is 13.2 Å². The van der Waals surface area contributed by atoms with E-state index in [0.717, 1.165) is 6.42 Å². The molecule has 7 nitrogen and oxygen atoms in total. The van der Waals surface area contributed by atoms with Crippen LogP contribution in [0.15, 0.2) is 88.9 Å². The average molecular weight is 512 g/mol. The third-order valence-corrected chi connectivity index (χ3v) is 8.65. The number of sulfonamides is 1. The fraction of sp³-hybridized carbons (Fsp3) is 0.308. The molecule has 1 aliphatic rings. The number of carbonyl (C=O) groups excluding carboxylic acids is 1. The molecule has 35 heavy (non-hydrogen) atoms. The summed E-state index contributed by atoms with van der Waals surface area (Å²) in [5, 5.41) is 3.60. The van der Waals surface area contributed by atoms with Gasteiger partial charge >= 0.3 is 0 Å². The number of nitrogens with one attached hydrogen (secondary N) is 1. The molecule has 0 saturated carbocycles. The summed E-state index contributed by atoms with van der Waals surface area (Å²) in [5.74, 6) is 0.332. The summed E-state index contributed by atoms with van der Waals surface area (Å²) >= 11 is 1.28. The van der Waals surface area contributed by atoms with Crippen molar-refractivity contribution in [3.05, 3.63) is 90.1 Å². The van der Waals surface area contributed by atoms with Gasteiger partial charge in [0.15, 0.2) is 0 Å². The molecule has 1 aliphatic heterocycles. The van der Waals surface area contributed by atoms with Gasteiger partial charge in [0.2, 0.25) is 15.9 Å². The number of benzene rings is 2. The summed E-state index contributed by atoms with van der Waals surface area (Å²) in [5.41, 5.74) is 2.44. The number of aromatic nitrogens is 1. The number of hydrogen-bond acceptors (Lipinski definition) is 6. The molecule has 0 radical (unpaired) electrons. The predicted molar refractivity (Wildman–Crippen MR) is 137 cm³/mol. The minimum absolute atomic E-state index is 0.0818. The molecule has 184 valence electrons. The number of ether oxygens (including phenoxy) is 1. The Labute approximate surface area is 211 Å². The van der Waals surface area contributed by atoms with Gasteiger partial charge in [-0.1, -0.05) is 72.4 Å². The van der Waals surface area contributed by atoms with Crippen LogP contribution in [0.1, 0.15) is 23.5 Å². The first-order valence-corrected chi connectivity index (χ1v) is 14.0. The summed E-state index contributed by atoms with van der Waals surface area (Å²) in [7, 11) is -3.57. The van der Waals surface area contributed by atoms with Crippen LogP contribution in [0.4, 0.5) is 0 Å². The second-order valence-electron chi connectivity index (χ2n) is 8.15. The van der Waals surface area contributed by atoms with Crippen molar-refractivity contribution in [3.8, 4) is 0 Å². The van der Waals surface area contributed by atoms with Gasteiger partial charge in [-0.25, -0.2) is 13.4 Å². The van der Waals surface area contributed by atoms with Crippen molar-refractivity contribution in [1.82, 2.24) is 14.6 Å². The molecular formula is C26H29N3O4S2. The van der Waals surface area contributed by atoms with Gasteiger partial charge in [-0.05, 0) is 29.7 Å². The Morgan fingerprint density at radius 1 is 0.971 bits per heavy atom. The van der Waals surface area contributed by atoms with Crippen LogP contribution in [0, 0.1) is 0 Å². The number of nitrogens with zero attached hydrogens (tertiary/aromatic N) is 2. The fourth-order valence-corrected chi connectivity index (χ4v) is 6.01. The molecule has 9 heteroatoms. The average Bonchev–Trinajstić information content (AvgIpc) is 2.91. The molecule has 0 atom stereocenters. The highest BCUT2D eigenvalue weighted by molar-refractivity contribution is 7.99. The van der Waals surface area contributed by atoms with Crippen molar-refractivity contribution in [1.29, 1.82) is 0 Å². The first-order valence-electron chi connectivity index (χ1n) is 11.6. The van der Waals surface area contributed by atoms with Crippen LogP contribution in [0.2, 0.25) is 0 Å². The van der Waals surface area contributed by atoms with Crippen molar-refractivity contribution >= 4 is 27.7 Å². The summed E-state index contributed by atoms with van der Waals surface area (Å²) in [6.45, 7) is 2.03. The molecule has 0 aliphatic carbocycles. The van der Waals surface area contributed by atoms with Crippen LogP contribution in [-0.2, 0) is 19.6 Å². The molecule has 2 heterocycles. The normalized spacial score (nSPS) is 14.7. The lowest BCUT2D eigenvalue weighted by atomic mass is 9.88. The topological polar surface area (TPSA) is 88.6 Å². The molecule has 1 saturated heterocycles. The minimum Gasteiger partial charge on any atom is -0.379 e. The largest absolute Gasteiger partial charge is 0.379 e. The Balaban J connectivity index is 1.27. The molecule has 1 amide bonds. The predicted octanol–water partition coefficient (Wildman–Crippen LogP) is 3.53. The van der Waals surface area contributed by atoms with E-state index in [4.69, 9.17) is 4.74 Å². The highest BCUT2D eigenvalue weighted by Crippen LogP contribution is 2.27. The van der Waals surface area contributed by atoms with E-state index in [1.54, 1.807) is 12.1 Å². The van der Waals surface area contributed by atoms with Crippen molar-refractivity contribution in [2.24, 2.45) is 0 Å². The van der Waals surface area contributed by atoms with Crippen LogP contribution in [-0.4, -0.2) is 62.2 Å². The van der Waals surface area contributed by atoms with E-state index in [0.29, 0.717) is 37.9 Å². The maximum Gasteiger partial charge on any atom is 0.244 e. The van der Waals surface area contributed by atoms with Gasteiger partial charge in [-0.2, -0.15) is 4.31 Å². The van der Waals surface area contributed by atoms with Gasteiger partial charge in [-0.3, -0.25) is 4.79 Å². The lowest BCUT2D eigenvalue weighted by Gasteiger charge is -2.25.